The molecule has 40 heavy (non-hydrogen) atoms. The molecule has 0 atom stereocenters. The van der Waals surface area contributed by atoms with E-state index in [1.54, 1.807) is 0 Å². The van der Waals surface area contributed by atoms with Crippen LogP contribution in [0.5, 0.6) is 0 Å². The van der Waals surface area contributed by atoms with Gasteiger partial charge in [-0.15, -0.1) is 0 Å². The third-order valence-electron chi connectivity index (χ3n) is 8.25. The first-order valence-electron chi connectivity index (χ1n) is 13.6. The van der Waals surface area contributed by atoms with Gasteiger partial charge in [0.1, 0.15) is 6.29 Å². The van der Waals surface area contributed by atoms with E-state index in [9.17, 15) is 4.79 Å². The molecule has 186 valence electrons. The minimum atomic E-state index is 0.688. The Hall–Kier alpha value is -5.27. The van der Waals surface area contributed by atoms with Crippen molar-refractivity contribution in [3.8, 4) is 55.6 Å². The molecule has 0 bridgehead atoms. The number of hydrogen-bond acceptors (Lipinski definition) is 1. The van der Waals surface area contributed by atoms with E-state index >= 15 is 0 Å². The third-order valence-corrected chi connectivity index (χ3v) is 8.25. The van der Waals surface area contributed by atoms with E-state index in [1.165, 1.54) is 66.1 Å². The summed E-state index contributed by atoms with van der Waals surface area (Å²) in [5.74, 6) is 0. The van der Waals surface area contributed by atoms with Crippen LogP contribution in [0.15, 0.2) is 140 Å². The zero-order valence-electron chi connectivity index (χ0n) is 21.8. The second-order valence-corrected chi connectivity index (χ2v) is 10.4. The Morgan fingerprint density at radius 3 is 1.50 bits per heavy atom. The highest BCUT2D eigenvalue weighted by Crippen LogP contribution is 2.58. The van der Waals surface area contributed by atoms with Gasteiger partial charge < -0.3 is 0 Å². The van der Waals surface area contributed by atoms with Crippen LogP contribution in [0.2, 0.25) is 0 Å². The summed E-state index contributed by atoms with van der Waals surface area (Å²) in [6.07, 6.45) is 0.920. The van der Waals surface area contributed by atoms with Crippen LogP contribution in [0.4, 0.5) is 0 Å². The lowest BCUT2D eigenvalue weighted by Gasteiger charge is -2.20. The van der Waals surface area contributed by atoms with E-state index in [1.807, 2.05) is 18.2 Å². The van der Waals surface area contributed by atoms with E-state index in [2.05, 4.69) is 121 Å². The maximum absolute atomic E-state index is 11.6. The van der Waals surface area contributed by atoms with Crippen molar-refractivity contribution in [3.63, 3.8) is 0 Å². The lowest BCUT2D eigenvalue weighted by atomic mass is 9.82. The van der Waals surface area contributed by atoms with Gasteiger partial charge in [-0.3, -0.25) is 4.79 Å². The van der Waals surface area contributed by atoms with Gasteiger partial charge in [0.2, 0.25) is 0 Å². The van der Waals surface area contributed by atoms with E-state index in [4.69, 9.17) is 0 Å². The molecule has 0 heterocycles. The topological polar surface area (TPSA) is 17.1 Å². The highest BCUT2D eigenvalue weighted by atomic mass is 16.1. The number of carbonyl (C=O) groups excluding carboxylic acids is 1. The second-order valence-electron chi connectivity index (χ2n) is 10.4. The van der Waals surface area contributed by atoms with Gasteiger partial charge in [-0.25, -0.2) is 0 Å². The van der Waals surface area contributed by atoms with Crippen LogP contribution in [0.1, 0.15) is 10.4 Å². The monoisotopic (exact) mass is 508 g/mol. The van der Waals surface area contributed by atoms with E-state index in [0.717, 1.165) is 17.4 Å². The number of rotatable bonds is 4. The lowest BCUT2D eigenvalue weighted by molar-refractivity contribution is 0.112. The number of aldehydes is 1. The number of carbonyl (C=O) groups is 1. The normalized spacial score (nSPS) is 11.6. The number of benzene rings is 7. The summed E-state index contributed by atoms with van der Waals surface area (Å²) in [6, 6.07) is 49.5. The molecule has 0 saturated heterocycles. The Morgan fingerprint density at radius 2 is 0.875 bits per heavy atom. The summed E-state index contributed by atoms with van der Waals surface area (Å²) < 4.78 is 0. The molecule has 0 aromatic heterocycles. The molecular formula is C39H24O. The van der Waals surface area contributed by atoms with Gasteiger partial charge >= 0.3 is 0 Å². The van der Waals surface area contributed by atoms with Crippen molar-refractivity contribution < 1.29 is 4.79 Å². The molecule has 7 aromatic rings. The summed E-state index contributed by atoms with van der Waals surface area (Å²) in [6.45, 7) is 0. The zero-order chi connectivity index (χ0) is 26.6. The molecular weight excluding hydrogens is 484 g/mol. The Labute approximate surface area is 233 Å². The second kappa shape index (κ2) is 8.90. The first kappa shape index (κ1) is 22.7. The van der Waals surface area contributed by atoms with Gasteiger partial charge in [-0.2, -0.15) is 0 Å². The maximum atomic E-state index is 11.6. The Kier molecular flexibility index (Phi) is 5.05. The molecule has 0 saturated carbocycles. The summed E-state index contributed by atoms with van der Waals surface area (Å²) in [4.78, 5) is 11.6. The minimum Gasteiger partial charge on any atom is -0.298 e. The fourth-order valence-corrected chi connectivity index (χ4v) is 6.64. The molecule has 7 aromatic carbocycles. The highest BCUT2D eigenvalue weighted by Gasteiger charge is 2.31. The van der Waals surface area contributed by atoms with Crippen LogP contribution >= 0.6 is 0 Å². The summed E-state index contributed by atoms with van der Waals surface area (Å²) >= 11 is 0. The van der Waals surface area contributed by atoms with Gasteiger partial charge in [0.15, 0.2) is 0 Å². The molecule has 0 amide bonds. The smallest absolute Gasteiger partial charge is 0.150 e. The summed E-state index contributed by atoms with van der Waals surface area (Å²) in [5.41, 5.74) is 13.0. The minimum absolute atomic E-state index is 0.688. The van der Waals surface area contributed by atoms with E-state index in [-0.39, 0.29) is 0 Å². The molecule has 1 heteroatoms. The van der Waals surface area contributed by atoms with Crippen molar-refractivity contribution >= 4 is 27.8 Å². The third kappa shape index (κ3) is 3.25. The zero-order valence-corrected chi connectivity index (χ0v) is 21.8. The Balaban J connectivity index is 1.56. The molecule has 0 N–H and O–H groups in total. The van der Waals surface area contributed by atoms with Crippen molar-refractivity contribution in [2.45, 2.75) is 0 Å². The molecule has 1 aliphatic rings. The van der Waals surface area contributed by atoms with Gasteiger partial charge in [0.05, 0.1) is 0 Å². The van der Waals surface area contributed by atoms with Gasteiger partial charge in [-0.05, 0) is 83.2 Å². The van der Waals surface area contributed by atoms with Gasteiger partial charge in [0, 0.05) is 5.56 Å². The van der Waals surface area contributed by atoms with Gasteiger partial charge in [0.25, 0.3) is 0 Å². The first-order valence-corrected chi connectivity index (χ1v) is 13.6. The Bertz CT molecular complexity index is 2010. The molecule has 8 rings (SSSR count). The highest BCUT2D eigenvalue weighted by molar-refractivity contribution is 6.28. The van der Waals surface area contributed by atoms with Crippen LogP contribution < -0.4 is 0 Å². The standard InChI is InChI=1S/C39H24O/c40-24-25-11-9-16-28(23-25)29-21-22-34-37-30(29)19-10-20-33(37)38-35(26-12-3-1-4-13-26)31-17-7-8-18-32(31)36(39(34)38)27-14-5-2-6-15-27/h1-24H. The SMILES string of the molecule is O=Cc1cccc(-c2ccc3c4c(cccc24)-c2c-3c(-c3ccccc3)c3ccccc3c2-c2ccccc2)c1. The van der Waals surface area contributed by atoms with Crippen molar-refractivity contribution in [2.24, 2.45) is 0 Å². The van der Waals surface area contributed by atoms with Gasteiger partial charge in [-0.1, -0.05) is 133 Å². The van der Waals surface area contributed by atoms with Crippen molar-refractivity contribution in [3.05, 3.63) is 145 Å². The lowest BCUT2D eigenvalue weighted by Crippen LogP contribution is -1.93. The number of hydrogen-bond donors (Lipinski definition) is 0. The average Bonchev–Trinajstić information content (AvgIpc) is 3.36. The predicted octanol–water partition coefficient (Wildman–Crippen LogP) is 10.5. The summed E-state index contributed by atoms with van der Waals surface area (Å²) in [5, 5.41) is 5.00. The van der Waals surface area contributed by atoms with Crippen LogP contribution in [-0.2, 0) is 0 Å². The molecule has 0 spiro atoms. The van der Waals surface area contributed by atoms with Crippen molar-refractivity contribution in [1.82, 2.24) is 0 Å². The van der Waals surface area contributed by atoms with Crippen LogP contribution in [0.25, 0.3) is 77.2 Å². The van der Waals surface area contributed by atoms with Crippen LogP contribution in [0.3, 0.4) is 0 Å². The maximum Gasteiger partial charge on any atom is 0.150 e. The largest absolute Gasteiger partial charge is 0.298 e. The Morgan fingerprint density at radius 1 is 0.375 bits per heavy atom. The fourth-order valence-electron chi connectivity index (χ4n) is 6.64. The summed E-state index contributed by atoms with van der Waals surface area (Å²) in [7, 11) is 0. The van der Waals surface area contributed by atoms with Crippen LogP contribution in [0, 0.1) is 0 Å². The number of fused-ring (bicyclic) bond motifs is 4. The molecule has 1 nitrogen and oxygen atoms in total. The predicted molar refractivity (Wildman–Crippen MR) is 168 cm³/mol. The van der Waals surface area contributed by atoms with Crippen molar-refractivity contribution in [1.29, 1.82) is 0 Å². The average molecular weight is 509 g/mol. The molecule has 0 fully saturated rings. The molecule has 0 aliphatic heterocycles. The first-order chi connectivity index (χ1) is 19.8. The fraction of sp³-hybridized carbons (Fsp3) is 0. The quantitative estimate of drug-likeness (QED) is 0.216. The molecule has 0 radical (unpaired) electrons. The molecule has 0 unspecified atom stereocenters. The van der Waals surface area contributed by atoms with Crippen LogP contribution in [-0.4, -0.2) is 6.29 Å². The molecule has 1 aliphatic carbocycles. The van der Waals surface area contributed by atoms with E-state index in [0.29, 0.717) is 5.56 Å². The van der Waals surface area contributed by atoms with Crippen molar-refractivity contribution in [2.75, 3.05) is 0 Å². The van der Waals surface area contributed by atoms with E-state index < -0.39 is 0 Å².